The van der Waals surface area contributed by atoms with E-state index in [1.807, 2.05) is 50.2 Å². The van der Waals surface area contributed by atoms with Crippen LogP contribution in [0.25, 0.3) is 21.6 Å². The number of aryl methyl sites for hydroxylation is 3. The van der Waals surface area contributed by atoms with Gasteiger partial charge in [-0.25, -0.2) is 9.67 Å². The lowest BCUT2D eigenvalue weighted by molar-refractivity contribution is -0.136. The fourth-order valence-corrected chi connectivity index (χ4v) is 4.08. The largest absolute Gasteiger partial charge is 0.417 e. The quantitative estimate of drug-likeness (QED) is 0.412. The average molecular weight is 401 g/mol. The summed E-state index contributed by atoms with van der Waals surface area (Å²) in [7, 11) is 0. The lowest BCUT2D eigenvalue weighted by Gasteiger charge is -2.11. The molecule has 28 heavy (non-hydrogen) atoms. The number of hydrogen-bond donors (Lipinski definition) is 0. The van der Waals surface area contributed by atoms with Crippen LogP contribution in [0.3, 0.4) is 0 Å². The van der Waals surface area contributed by atoms with Gasteiger partial charge in [-0.3, -0.25) is 0 Å². The smallest absolute Gasteiger partial charge is 0.243 e. The van der Waals surface area contributed by atoms with Crippen LogP contribution in [-0.2, 0) is 12.7 Å². The molecular weight excluding hydrogens is 383 g/mol. The topological polar surface area (TPSA) is 30.7 Å². The van der Waals surface area contributed by atoms with Crippen molar-refractivity contribution in [3.05, 3.63) is 69.7 Å². The molecule has 0 bridgehead atoms. The van der Waals surface area contributed by atoms with Crippen LogP contribution in [0.1, 0.15) is 27.3 Å². The first-order chi connectivity index (χ1) is 13.2. The van der Waals surface area contributed by atoms with Gasteiger partial charge in [-0.15, -0.1) is 11.3 Å². The van der Waals surface area contributed by atoms with Gasteiger partial charge >= 0.3 is 6.18 Å². The summed E-state index contributed by atoms with van der Waals surface area (Å²) in [6, 6.07) is 12.7. The van der Waals surface area contributed by atoms with Gasteiger partial charge in [0.05, 0.1) is 33.8 Å². The first kappa shape index (κ1) is 18.7. The van der Waals surface area contributed by atoms with Gasteiger partial charge in [0.1, 0.15) is 0 Å². The van der Waals surface area contributed by atoms with Crippen molar-refractivity contribution in [1.82, 2.24) is 14.8 Å². The highest BCUT2D eigenvalue weighted by molar-refractivity contribution is 7.15. The Morgan fingerprint density at radius 2 is 1.71 bits per heavy atom. The molecule has 7 heteroatoms. The number of fused-ring (bicyclic) bond motifs is 1. The molecule has 4 rings (SSSR count). The molecule has 0 aliphatic heterocycles. The highest BCUT2D eigenvalue weighted by atomic mass is 32.1. The van der Waals surface area contributed by atoms with E-state index in [1.165, 1.54) is 11.3 Å². The van der Waals surface area contributed by atoms with Gasteiger partial charge in [0.25, 0.3) is 0 Å². The lowest BCUT2D eigenvalue weighted by atomic mass is 10.1. The Morgan fingerprint density at radius 3 is 2.32 bits per heavy atom. The summed E-state index contributed by atoms with van der Waals surface area (Å²) in [4.78, 5) is 6.31. The number of thiophene rings is 1. The van der Waals surface area contributed by atoms with Gasteiger partial charge in [-0.2, -0.15) is 18.3 Å². The van der Waals surface area contributed by atoms with E-state index in [0.717, 1.165) is 22.1 Å². The first-order valence-electron chi connectivity index (χ1n) is 8.80. The number of hydrogen-bond acceptors (Lipinski definition) is 3. The summed E-state index contributed by atoms with van der Waals surface area (Å²) in [6.07, 6.45) is -4.48. The van der Waals surface area contributed by atoms with E-state index in [0.29, 0.717) is 22.8 Å². The molecule has 0 radical (unpaired) electrons. The van der Waals surface area contributed by atoms with Crippen molar-refractivity contribution in [1.29, 1.82) is 0 Å². The number of pyridine rings is 1. The van der Waals surface area contributed by atoms with Gasteiger partial charge in [-0.05, 0) is 44.5 Å². The zero-order valence-electron chi connectivity index (χ0n) is 15.6. The SMILES string of the molecule is Cc1ccc(Cn2nc(C)c3c(C(F)(F)F)cc(-c4ccc(C)s4)nc32)cc1. The molecule has 0 saturated carbocycles. The van der Waals surface area contributed by atoms with E-state index in [4.69, 9.17) is 0 Å². The van der Waals surface area contributed by atoms with Crippen molar-refractivity contribution in [2.45, 2.75) is 33.5 Å². The molecule has 0 unspecified atom stereocenters. The van der Waals surface area contributed by atoms with E-state index in [1.54, 1.807) is 11.6 Å². The molecule has 4 aromatic rings. The zero-order valence-corrected chi connectivity index (χ0v) is 16.4. The predicted molar refractivity (Wildman–Crippen MR) is 106 cm³/mol. The maximum Gasteiger partial charge on any atom is 0.417 e. The Labute approximate surface area is 164 Å². The summed E-state index contributed by atoms with van der Waals surface area (Å²) >= 11 is 1.43. The van der Waals surface area contributed by atoms with Gasteiger partial charge in [0.15, 0.2) is 5.65 Å². The Morgan fingerprint density at radius 1 is 1.00 bits per heavy atom. The minimum atomic E-state index is -4.48. The minimum Gasteiger partial charge on any atom is -0.243 e. The summed E-state index contributed by atoms with van der Waals surface area (Å²) in [5.74, 6) is 0. The number of halogens is 3. The third-order valence-corrected chi connectivity index (χ3v) is 5.65. The van der Waals surface area contributed by atoms with Crippen molar-refractivity contribution in [3.8, 4) is 10.6 Å². The highest BCUT2D eigenvalue weighted by Gasteiger charge is 2.35. The highest BCUT2D eigenvalue weighted by Crippen LogP contribution is 2.39. The normalized spacial score (nSPS) is 12.1. The molecule has 144 valence electrons. The number of aromatic nitrogens is 3. The molecule has 0 saturated heterocycles. The molecule has 0 amide bonds. The second-order valence-corrected chi connectivity index (χ2v) is 8.18. The number of benzene rings is 1. The molecule has 0 atom stereocenters. The Kier molecular flexibility index (Phi) is 4.50. The van der Waals surface area contributed by atoms with E-state index >= 15 is 0 Å². The minimum absolute atomic E-state index is 0.0663. The zero-order chi connectivity index (χ0) is 20.1. The summed E-state index contributed by atoms with van der Waals surface area (Å²) in [5, 5.41) is 4.45. The lowest BCUT2D eigenvalue weighted by Crippen LogP contribution is -2.08. The van der Waals surface area contributed by atoms with Crippen LogP contribution >= 0.6 is 11.3 Å². The summed E-state index contributed by atoms with van der Waals surface area (Å²) in [6.45, 7) is 5.87. The molecule has 3 aromatic heterocycles. The van der Waals surface area contributed by atoms with Crippen LogP contribution in [-0.4, -0.2) is 14.8 Å². The Bertz CT molecular complexity index is 1150. The molecular formula is C21H18F3N3S. The van der Waals surface area contributed by atoms with E-state index < -0.39 is 11.7 Å². The van der Waals surface area contributed by atoms with Crippen LogP contribution in [0.15, 0.2) is 42.5 Å². The third-order valence-electron chi connectivity index (χ3n) is 4.63. The Hall–Kier alpha value is -2.67. The van der Waals surface area contributed by atoms with Crippen LogP contribution in [0, 0.1) is 20.8 Å². The number of alkyl halides is 3. The number of rotatable bonds is 3. The second kappa shape index (κ2) is 6.74. The monoisotopic (exact) mass is 401 g/mol. The first-order valence-corrected chi connectivity index (χ1v) is 9.62. The van der Waals surface area contributed by atoms with E-state index in [-0.39, 0.29) is 11.0 Å². The molecule has 0 N–H and O–H groups in total. The predicted octanol–water partition coefficient (Wildman–Crippen LogP) is 6.15. The van der Waals surface area contributed by atoms with Gasteiger partial charge in [0, 0.05) is 4.88 Å². The van der Waals surface area contributed by atoms with Gasteiger partial charge < -0.3 is 0 Å². The fraction of sp³-hybridized carbons (Fsp3) is 0.238. The summed E-state index contributed by atoms with van der Waals surface area (Å²) in [5.41, 5.74) is 2.31. The molecule has 0 fully saturated rings. The Balaban J connectivity index is 1.93. The summed E-state index contributed by atoms with van der Waals surface area (Å²) < 4.78 is 43.0. The molecule has 1 aromatic carbocycles. The molecule has 3 nitrogen and oxygen atoms in total. The third kappa shape index (κ3) is 3.42. The van der Waals surface area contributed by atoms with E-state index in [9.17, 15) is 13.2 Å². The van der Waals surface area contributed by atoms with Crippen LogP contribution in [0.2, 0.25) is 0 Å². The maximum absolute atomic E-state index is 13.8. The fourth-order valence-electron chi connectivity index (χ4n) is 3.25. The van der Waals surface area contributed by atoms with Crippen LogP contribution < -0.4 is 0 Å². The van der Waals surface area contributed by atoms with Gasteiger partial charge in [0.2, 0.25) is 0 Å². The van der Waals surface area contributed by atoms with Crippen molar-refractivity contribution in [3.63, 3.8) is 0 Å². The maximum atomic E-state index is 13.8. The molecule has 3 heterocycles. The van der Waals surface area contributed by atoms with Crippen molar-refractivity contribution < 1.29 is 13.2 Å². The van der Waals surface area contributed by atoms with Crippen molar-refractivity contribution in [2.75, 3.05) is 0 Å². The molecule has 0 aliphatic carbocycles. The van der Waals surface area contributed by atoms with Gasteiger partial charge in [-0.1, -0.05) is 29.8 Å². The van der Waals surface area contributed by atoms with Crippen molar-refractivity contribution in [2.24, 2.45) is 0 Å². The van der Waals surface area contributed by atoms with E-state index in [2.05, 4.69) is 10.1 Å². The van der Waals surface area contributed by atoms with Crippen molar-refractivity contribution >= 4 is 22.4 Å². The second-order valence-electron chi connectivity index (χ2n) is 6.89. The average Bonchev–Trinajstić information content (AvgIpc) is 3.19. The standard InChI is InChI=1S/C21H18F3N3S/c1-12-4-7-15(8-5-12)11-27-20-19(14(3)26-27)16(21(22,23)24)10-17(25-20)18-9-6-13(2)28-18/h4-10H,11H2,1-3H3. The molecule has 0 aliphatic rings. The van der Waals surface area contributed by atoms with Crippen LogP contribution in [0.5, 0.6) is 0 Å². The number of nitrogens with zero attached hydrogens (tertiary/aromatic N) is 3. The molecule has 0 spiro atoms. The van der Waals surface area contributed by atoms with Crippen LogP contribution in [0.4, 0.5) is 13.2 Å².